The van der Waals surface area contributed by atoms with E-state index in [0.717, 1.165) is 23.9 Å². The van der Waals surface area contributed by atoms with Crippen LogP contribution in [0, 0.1) is 0 Å². The number of carbonyl (C=O) groups is 1. The first kappa shape index (κ1) is 19.2. The molecule has 2 aromatic rings. The number of hydrazine groups is 1. The second-order valence-corrected chi connectivity index (χ2v) is 6.59. The van der Waals surface area contributed by atoms with Crippen LogP contribution in [0.25, 0.3) is 0 Å². The zero-order valence-corrected chi connectivity index (χ0v) is 16.2. The molecule has 3 N–H and O–H groups in total. The number of benzene rings is 2. The third-order valence-corrected chi connectivity index (χ3v) is 4.21. The first-order valence-corrected chi connectivity index (χ1v) is 9.02. The number of carbonyl (C=O) groups excluding carboxylic acids is 1. The average molecular weight is 422 g/mol. The lowest BCUT2D eigenvalue weighted by molar-refractivity contribution is 0.0940. The van der Waals surface area contributed by atoms with Crippen molar-refractivity contribution >= 4 is 39.2 Å². The predicted molar refractivity (Wildman–Crippen MR) is 107 cm³/mol. The fourth-order valence-electron chi connectivity index (χ4n) is 2.22. The van der Waals surface area contributed by atoms with E-state index in [-0.39, 0.29) is 5.91 Å². The van der Waals surface area contributed by atoms with E-state index in [9.17, 15) is 4.79 Å². The third-order valence-electron chi connectivity index (χ3n) is 3.47. The van der Waals surface area contributed by atoms with Gasteiger partial charge in [0.05, 0.1) is 12.7 Å². The Labute approximate surface area is 161 Å². The Morgan fingerprint density at radius 1 is 1.16 bits per heavy atom. The van der Waals surface area contributed by atoms with E-state index in [1.54, 1.807) is 12.1 Å². The lowest BCUT2D eigenvalue weighted by Gasteiger charge is -2.13. The zero-order valence-electron chi connectivity index (χ0n) is 13.8. The number of thiocarbonyl (C=S) groups is 1. The molecule has 0 atom stereocenters. The molecule has 0 aliphatic rings. The highest BCUT2D eigenvalue weighted by Gasteiger charge is 2.12. The van der Waals surface area contributed by atoms with Gasteiger partial charge in [0.15, 0.2) is 5.11 Å². The maximum atomic E-state index is 12.2. The molecule has 0 fully saturated rings. The van der Waals surface area contributed by atoms with E-state index in [1.807, 2.05) is 24.3 Å². The van der Waals surface area contributed by atoms with Gasteiger partial charge in [-0.25, -0.2) is 0 Å². The summed E-state index contributed by atoms with van der Waals surface area (Å²) in [6.45, 7) is 0.719. The van der Waals surface area contributed by atoms with Crippen LogP contribution in [0.2, 0.25) is 0 Å². The van der Waals surface area contributed by atoms with Gasteiger partial charge in [0, 0.05) is 11.0 Å². The largest absolute Gasteiger partial charge is 0.496 e. The number of halogens is 1. The molecule has 0 aliphatic carbocycles. The van der Waals surface area contributed by atoms with E-state index in [1.165, 1.54) is 12.7 Å². The minimum absolute atomic E-state index is 0.327. The minimum atomic E-state index is -0.327. The van der Waals surface area contributed by atoms with Crippen molar-refractivity contribution < 1.29 is 9.53 Å². The van der Waals surface area contributed by atoms with Crippen molar-refractivity contribution in [3.8, 4) is 5.75 Å². The average Bonchev–Trinajstić information content (AvgIpc) is 2.64. The van der Waals surface area contributed by atoms with Gasteiger partial charge in [0.1, 0.15) is 5.75 Å². The lowest BCUT2D eigenvalue weighted by atomic mass is 10.1. The van der Waals surface area contributed by atoms with Gasteiger partial charge in [-0.3, -0.25) is 15.6 Å². The van der Waals surface area contributed by atoms with Crippen LogP contribution in [0.5, 0.6) is 5.75 Å². The molecule has 0 bridgehead atoms. The fourth-order valence-corrected chi connectivity index (χ4v) is 2.74. The monoisotopic (exact) mass is 421 g/mol. The van der Waals surface area contributed by atoms with Crippen molar-refractivity contribution in [2.24, 2.45) is 0 Å². The molecule has 0 spiro atoms. The Bertz CT molecular complexity index is 726. The third kappa shape index (κ3) is 6.36. The van der Waals surface area contributed by atoms with Crippen molar-refractivity contribution in [3.63, 3.8) is 0 Å². The molecule has 0 saturated heterocycles. The van der Waals surface area contributed by atoms with Crippen molar-refractivity contribution in [1.82, 2.24) is 16.2 Å². The van der Waals surface area contributed by atoms with Gasteiger partial charge in [0.25, 0.3) is 5.91 Å². The highest BCUT2D eigenvalue weighted by Crippen LogP contribution is 2.22. The van der Waals surface area contributed by atoms with Crippen LogP contribution in [0.3, 0.4) is 0 Å². The maximum Gasteiger partial charge on any atom is 0.273 e. The van der Waals surface area contributed by atoms with Crippen LogP contribution in [-0.4, -0.2) is 24.7 Å². The summed E-state index contributed by atoms with van der Waals surface area (Å²) in [4.78, 5) is 12.2. The summed E-state index contributed by atoms with van der Waals surface area (Å²) in [7, 11) is 1.52. The Morgan fingerprint density at radius 3 is 2.64 bits per heavy atom. The summed E-state index contributed by atoms with van der Waals surface area (Å²) in [6, 6.07) is 15.5. The molecule has 25 heavy (non-hydrogen) atoms. The molecular weight excluding hydrogens is 402 g/mol. The zero-order chi connectivity index (χ0) is 18.1. The Morgan fingerprint density at radius 2 is 1.92 bits per heavy atom. The number of ether oxygens (including phenoxy) is 1. The molecule has 0 radical (unpaired) electrons. The quantitative estimate of drug-likeness (QED) is 0.379. The number of nitrogens with one attached hydrogen (secondary N) is 3. The van der Waals surface area contributed by atoms with Crippen molar-refractivity contribution in [3.05, 3.63) is 64.1 Å². The second-order valence-electron chi connectivity index (χ2n) is 5.27. The van der Waals surface area contributed by atoms with Crippen LogP contribution in [0.1, 0.15) is 22.3 Å². The summed E-state index contributed by atoms with van der Waals surface area (Å²) >= 11 is 8.50. The normalized spacial score (nSPS) is 10.0. The SMILES string of the molecule is COc1ccc(Br)cc1C(=O)NNC(=S)NCCCc1ccccc1. The number of aryl methyl sites for hydroxylation is 1. The van der Waals surface area contributed by atoms with E-state index >= 15 is 0 Å². The molecule has 0 saturated carbocycles. The van der Waals surface area contributed by atoms with E-state index in [4.69, 9.17) is 17.0 Å². The second kappa shape index (κ2) is 10.0. The predicted octanol–water partition coefficient (Wildman–Crippen LogP) is 3.20. The molecular formula is C18H20BrN3O2S. The maximum absolute atomic E-state index is 12.2. The summed E-state index contributed by atoms with van der Waals surface area (Å²) < 4.78 is 5.98. The highest BCUT2D eigenvalue weighted by molar-refractivity contribution is 9.10. The van der Waals surface area contributed by atoms with Crippen LogP contribution < -0.4 is 20.9 Å². The number of hydrogen-bond donors (Lipinski definition) is 3. The molecule has 7 heteroatoms. The molecule has 0 aromatic heterocycles. The Kier molecular flexibility index (Phi) is 7.69. The van der Waals surface area contributed by atoms with Gasteiger partial charge in [-0.15, -0.1) is 0 Å². The van der Waals surface area contributed by atoms with E-state index in [0.29, 0.717) is 16.4 Å². The Hall–Kier alpha value is -2.12. The van der Waals surface area contributed by atoms with E-state index < -0.39 is 0 Å². The van der Waals surface area contributed by atoms with Crippen molar-refractivity contribution in [2.75, 3.05) is 13.7 Å². The number of methoxy groups -OCH3 is 1. The van der Waals surface area contributed by atoms with Crippen molar-refractivity contribution in [1.29, 1.82) is 0 Å². The molecule has 5 nitrogen and oxygen atoms in total. The van der Waals surface area contributed by atoms with Gasteiger partial charge in [-0.05, 0) is 48.8 Å². The summed E-state index contributed by atoms with van der Waals surface area (Å²) in [6.07, 6.45) is 1.91. The summed E-state index contributed by atoms with van der Waals surface area (Å²) in [5.74, 6) is 0.163. The number of hydrogen-bond acceptors (Lipinski definition) is 3. The first-order chi connectivity index (χ1) is 12.1. The summed E-state index contributed by atoms with van der Waals surface area (Å²) in [5.41, 5.74) is 6.97. The number of rotatable bonds is 6. The van der Waals surface area contributed by atoms with Gasteiger partial charge < -0.3 is 10.1 Å². The molecule has 0 heterocycles. The standard InChI is InChI=1S/C18H20BrN3O2S/c1-24-16-10-9-14(19)12-15(16)17(23)21-22-18(25)20-11-5-8-13-6-3-2-4-7-13/h2-4,6-7,9-10,12H,5,8,11H2,1H3,(H,21,23)(H2,20,22,25). The molecule has 132 valence electrons. The molecule has 0 aliphatic heterocycles. The molecule has 1 amide bonds. The van der Waals surface area contributed by atoms with Crippen LogP contribution >= 0.6 is 28.1 Å². The lowest BCUT2D eigenvalue weighted by Crippen LogP contribution is -2.47. The molecule has 0 unspecified atom stereocenters. The van der Waals surface area contributed by atoms with Gasteiger partial charge in [-0.1, -0.05) is 46.3 Å². The van der Waals surface area contributed by atoms with Gasteiger partial charge in [0.2, 0.25) is 0 Å². The minimum Gasteiger partial charge on any atom is -0.496 e. The summed E-state index contributed by atoms with van der Waals surface area (Å²) in [5, 5.41) is 3.44. The van der Waals surface area contributed by atoms with E-state index in [2.05, 4.69) is 44.2 Å². The molecule has 2 aromatic carbocycles. The fraction of sp³-hybridized carbons (Fsp3) is 0.222. The highest BCUT2D eigenvalue weighted by atomic mass is 79.9. The van der Waals surface area contributed by atoms with Gasteiger partial charge in [-0.2, -0.15) is 0 Å². The molecule has 2 rings (SSSR count). The number of amides is 1. The van der Waals surface area contributed by atoms with Crippen LogP contribution in [0.15, 0.2) is 53.0 Å². The Balaban J connectivity index is 1.72. The van der Waals surface area contributed by atoms with Crippen molar-refractivity contribution in [2.45, 2.75) is 12.8 Å². The van der Waals surface area contributed by atoms with Gasteiger partial charge >= 0.3 is 0 Å². The van der Waals surface area contributed by atoms with Crippen LogP contribution in [0.4, 0.5) is 0 Å². The first-order valence-electron chi connectivity index (χ1n) is 7.82. The smallest absolute Gasteiger partial charge is 0.273 e. The van der Waals surface area contributed by atoms with Crippen LogP contribution in [-0.2, 0) is 6.42 Å². The topological polar surface area (TPSA) is 62.4 Å².